The molecule has 1 heterocycles. The van der Waals surface area contributed by atoms with Crippen molar-refractivity contribution in [2.45, 2.75) is 48.5 Å². The molecular formula is C34H34IrNO3-. The van der Waals surface area contributed by atoms with Gasteiger partial charge in [0, 0.05) is 55.3 Å². The van der Waals surface area contributed by atoms with Crippen molar-refractivity contribution in [3.05, 3.63) is 100 Å². The Balaban J connectivity index is 0.000000301. The number of aryl methyl sites for hydroxylation is 3. The zero-order valence-electron chi connectivity index (χ0n) is 23.5. The van der Waals surface area contributed by atoms with E-state index in [4.69, 9.17) is 0 Å². The second-order valence-electron chi connectivity index (χ2n) is 10.7. The Morgan fingerprint density at radius 3 is 2.18 bits per heavy atom. The number of fused-ring (bicyclic) bond motifs is 4. The first-order valence-electron chi connectivity index (χ1n) is 13.0. The number of carbonyl (C=O) groups is 2. The molecule has 39 heavy (non-hydrogen) atoms. The van der Waals surface area contributed by atoms with Crippen molar-refractivity contribution in [3.8, 4) is 22.4 Å². The van der Waals surface area contributed by atoms with Crippen molar-refractivity contribution in [3.63, 3.8) is 0 Å². The first-order chi connectivity index (χ1) is 18.0. The molecule has 4 nitrogen and oxygen atoms in total. The van der Waals surface area contributed by atoms with Crippen LogP contribution in [-0.4, -0.2) is 21.7 Å². The third kappa shape index (κ3) is 6.43. The number of hydrogen-bond donors (Lipinski definition) is 1. The number of benzene rings is 3. The average Bonchev–Trinajstić information content (AvgIpc) is 3.12. The summed E-state index contributed by atoms with van der Waals surface area (Å²) in [4.78, 5) is 28.7. The molecule has 4 aromatic rings. The molecule has 0 saturated carbocycles. The zero-order valence-corrected chi connectivity index (χ0v) is 25.9. The minimum atomic E-state index is -0.0316. The Labute approximate surface area is 244 Å². The Morgan fingerprint density at radius 1 is 0.846 bits per heavy atom. The van der Waals surface area contributed by atoms with Gasteiger partial charge in [0.2, 0.25) is 0 Å². The van der Waals surface area contributed by atoms with Gasteiger partial charge < -0.3 is 10.1 Å². The number of hydrogen-bond acceptors (Lipinski definition) is 4. The van der Waals surface area contributed by atoms with Gasteiger partial charge in [-0.15, -0.1) is 34.9 Å². The van der Waals surface area contributed by atoms with Crippen molar-refractivity contribution >= 4 is 22.3 Å². The second-order valence-corrected chi connectivity index (χ2v) is 10.7. The van der Waals surface area contributed by atoms with Crippen LogP contribution in [0.1, 0.15) is 60.3 Å². The van der Waals surface area contributed by atoms with Crippen LogP contribution in [0, 0.1) is 38.7 Å². The SMILES string of the molecule is CC(C)C(=O)/C=C(\O)C(C)C.Cc1[c-]c(-c2nccc3cc4c(cc23)C(=O)c2cc(C)ccc2-4)cc(C)c1.[Ir]. The number of allylic oxidation sites excluding steroid dienone is 2. The molecule has 1 aliphatic carbocycles. The van der Waals surface area contributed by atoms with Crippen LogP contribution in [-0.2, 0) is 24.9 Å². The van der Waals surface area contributed by atoms with E-state index in [9.17, 15) is 14.7 Å². The predicted molar refractivity (Wildman–Crippen MR) is 154 cm³/mol. The molecular weight excluding hydrogens is 663 g/mol. The van der Waals surface area contributed by atoms with Crippen LogP contribution in [0.4, 0.5) is 0 Å². The molecule has 0 fully saturated rings. The normalized spacial score (nSPS) is 12.1. The maximum absolute atomic E-state index is 13.0. The smallest absolute Gasteiger partial charge is 0.194 e. The van der Waals surface area contributed by atoms with E-state index < -0.39 is 0 Å². The van der Waals surface area contributed by atoms with Crippen LogP contribution in [0.25, 0.3) is 33.2 Å². The molecule has 1 radical (unpaired) electrons. The summed E-state index contributed by atoms with van der Waals surface area (Å²) in [6.07, 6.45) is 3.15. The molecule has 1 N–H and O–H groups in total. The molecule has 3 aromatic carbocycles. The monoisotopic (exact) mass is 697 g/mol. The summed E-state index contributed by atoms with van der Waals surface area (Å²) in [5, 5.41) is 11.3. The van der Waals surface area contributed by atoms with Gasteiger partial charge in [-0.05, 0) is 58.8 Å². The molecule has 1 aliphatic rings. The Hall–Kier alpha value is -3.40. The van der Waals surface area contributed by atoms with Crippen LogP contribution < -0.4 is 0 Å². The summed E-state index contributed by atoms with van der Waals surface area (Å²) < 4.78 is 0. The summed E-state index contributed by atoms with van der Waals surface area (Å²) in [6, 6.07) is 19.9. The predicted octanol–water partition coefficient (Wildman–Crippen LogP) is 8.15. The topological polar surface area (TPSA) is 67.3 Å². The van der Waals surface area contributed by atoms with E-state index in [1.807, 2.05) is 65.9 Å². The number of rotatable bonds is 4. The van der Waals surface area contributed by atoms with Gasteiger partial charge in [0.25, 0.3) is 0 Å². The van der Waals surface area contributed by atoms with E-state index in [1.165, 1.54) is 11.6 Å². The van der Waals surface area contributed by atoms with Gasteiger partial charge in [0.15, 0.2) is 11.6 Å². The largest absolute Gasteiger partial charge is 0.512 e. The Morgan fingerprint density at radius 2 is 1.54 bits per heavy atom. The minimum absolute atomic E-state index is 0. The third-order valence-corrected chi connectivity index (χ3v) is 6.71. The standard InChI is InChI=1S/C25H18NO.C9H16O2.Ir/c1-14-4-5-19-21-12-17-6-7-26-24(18-9-15(2)8-16(3)10-18)20(17)13-23(21)25(27)22(19)11-14;1-6(2)8(10)5-9(11)7(3)4;/h4-9,11-13H,1-3H3;5-7,10H,1-4H3;/q-1;;/b;8-5-;. The molecule has 203 valence electrons. The first-order valence-corrected chi connectivity index (χ1v) is 13.0. The summed E-state index contributed by atoms with van der Waals surface area (Å²) >= 11 is 0. The van der Waals surface area contributed by atoms with Gasteiger partial charge in [-0.2, -0.15) is 0 Å². The third-order valence-electron chi connectivity index (χ3n) is 6.71. The maximum atomic E-state index is 13.0. The van der Waals surface area contributed by atoms with E-state index in [1.54, 1.807) is 0 Å². The van der Waals surface area contributed by atoms with Crippen LogP contribution >= 0.6 is 0 Å². The van der Waals surface area contributed by atoms with E-state index >= 15 is 0 Å². The van der Waals surface area contributed by atoms with E-state index in [0.29, 0.717) is 0 Å². The molecule has 1 aromatic heterocycles. The van der Waals surface area contributed by atoms with Crippen LogP contribution in [0.2, 0.25) is 0 Å². The van der Waals surface area contributed by atoms with E-state index in [0.717, 1.165) is 55.4 Å². The van der Waals surface area contributed by atoms with Crippen molar-refractivity contribution < 1.29 is 34.8 Å². The van der Waals surface area contributed by atoms with Gasteiger partial charge in [-0.25, -0.2) is 0 Å². The van der Waals surface area contributed by atoms with Gasteiger partial charge in [0.05, 0.1) is 5.76 Å². The molecule has 0 spiro atoms. The molecule has 0 unspecified atom stereocenters. The van der Waals surface area contributed by atoms with Crippen molar-refractivity contribution in [2.24, 2.45) is 11.8 Å². The van der Waals surface area contributed by atoms with Crippen molar-refractivity contribution in [1.29, 1.82) is 0 Å². The number of pyridine rings is 1. The van der Waals surface area contributed by atoms with Crippen LogP contribution in [0.5, 0.6) is 0 Å². The number of aliphatic hydroxyl groups is 1. The molecule has 0 amide bonds. The number of aromatic nitrogens is 1. The summed E-state index contributed by atoms with van der Waals surface area (Å²) in [5.74, 6) is 0.262. The fourth-order valence-corrected chi connectivity index (χ4v) is 4.57. The Bertz CT molecular complexity index is 1580. The molecule has 5 rings (SSSR count). The van der Waals surface area contributed by atoms with Crippen LogP contribution in [0.15, 0.2) is 66.6 Å². The Kier molecular flexibility index (Phi) is 9.42. The first kappa shape index (κ1) is 30.1. The minimum Gasteiger partial charge on any atom is -0.512 e. The van der Waals surface area contributed by atoms with E-state index in [2.05, 4.69) is 48.3 Å². The summed E-state index contributed by atoms with van der Waals surface area (Å²) in [5.41, 5.74) is 8.83. The van der Waals surface area contributed by atoms with E-state index in [-0.39, 0.29) is 49.3 Å². The van der Waals surface area contributed by atoms with Crippen molar-refractivity contribution in [2.75, 3.05) is 0 Å². The quantitative estimate of drug-likeness (QED) is 0.117. The van der Waals surface area contributed by atoms with Crippen LogP contribution in [0.3, 0.4) is 0 Å². The second kappa shape index (κ2) is 12.2. The molecule has 0 aliphatic heterocycles. The zero-order chi connectivity index (χ0) is 27.7. The maximum Gasteiger partial charge on any atom is 0.194 e. The molecule has 0 atom stereocenters. The summed E-state index contributed by atoms with van der Waals surface area (Å²) in [6.45, 7) is 13.5. The van der Waals surface area contributed by atoms with Gasteiger partial charge >= 0.3 is 0 Å². The fourth-order valence-electron chi connectivity index (χ4n) is 4.57. The number of aliphatic hydroxyl groups excluding tert-OH is 1. The number of ketones is 2. The average molecular weight is 697 g/mol. The van der Waals surface area contributed by atoms with Gasteiger partial charge in [0.1, 0.15) is 0 Å². The molecule has 0 saturated heterocycles. The number of carbonyl (C=O) groups excluding carboxylic acids is 2. The van der Waals surface area contributed by atoms with Gasteiger partial charge in [-0.3, -0.25) is 9.59 Å². The van der Waals surface area contributed by atoms with Crippen molar-refractivity contribution in [1.82, 2.24) is 4.98 Å². The van der Waals surface area contributed by atoms with Gasteiger partial charge in [-0.1, -0.05) is 59.2 Å². The number of nitrogens with zero attached hydrogens (tertiary/aromatic N) is 1. The molecule has 5 heteroatoms. The molecule has 0 bridgehead atoms. The summed E-state index contributed by atoms with van der Waals surface area (Å²) in [7, 11) is 0. The fraction of sp³-hybridized carbons (Fsp3) is 0.265.